The molecule has 0 aromatic rings. The first-order valence-electron chi connectivity index (χ1n) is 5.30. The van der Waals surface area contributed by atoms with E-state index in [1.807, 2.05) is 6.92 Å². The van der Waals surface area contributed by atoms with E-state index in [2.05, 4.69) is 0 Å². The molecule has 0 aliphatic carbocycles. The van der Waals surface area contributed by atoms with Crippen molar-refractivity contribution < 1.29 is 13.6 Å². The Kier molecular flexibility index (Phi) is 4.02. The first kappa shape index (κ1) is 12.4. The van der Waals surface area contributed by atoms with Gasteiger partial charge in [-0.25, -0.2) is 8.78 Å². The molecule has 88 valence electrons. The van der Waals surface area contributed by atoms with Gasteiger partial charge in [0.1, 0.15) is 0 Å². The lowest BCUT2D eigenvalue weighted by Crippen LogP contribution is -2.43. The first-order chi connectivity index (χ1) is 6.94. The van der Waals surface area contributed by atoms with Gasteiger partial charge in [-0.1, -0.05) is 6.92 Å². The molecular weight excluding hydrogens is 202 g/mol. The van der Waals surface area contributed by atoms with Crippen molar-refractivity contribution in [3.05, 3.63) is 0 Å². The number of hydrogen-bond donors (Lipinski definition) is 1. The summed E-state index contributed by atoms with van der Waals surface area (Å²) in [5.41, 5.74) is 5.40. The first-order valence-corrected chi connectivity index (χ1v) is 5.30. The summed E-state index contributed by atoms with van der Waals surface area (Å²) in [6.07, 6.45) is -0.0619. The van der Waals surface area contributed by atoms with Gasteiger partial charge in [0.15, 0.2) is 0 Å². The molecular formula is C10H18F2N2O. The summed E-state index contributed by atoms with van der Waals surface area (Å²) in [6, 6.07) is 0. The van der Waals surface area contributed by atoms with Crippen LogP contribution < -0.4 is 5.73 Å². The number of rotatable bonds is 3. The monoisotopic (exact) mass is 220 g/mol. The summed E-state index contributed by atoms with van der Waals surface area (Å²) in [6.45, 7) is 2.68. The Morgan fingerprint density at radius 3 is 2.47 bits per heavy atom. The van der Waals surface area contributed by atoms with Crippen molar-refractivity contribution in [1.29, 1.82) is 0 Å². The van der Waals surface area contributed by atoms with Crippen LogP contribution >= 0.6 is 0 Å². The highest BCUT2D eigenvalue weighted by molar-refractivity contribution is 5.76. The Balaban J connectivity index is 2.36. The minimum absolute atomic E-state index is 0.0524. The van der Waals surface area contributed by atoms with Gasteiger partial charge in [-0.3, -0.25) is 4.79 Å². The van der Waals surface area contributed by atoms with Crippen LogP contribution in [0.1, 0.15) is 26.2 Å². The zero-order valence-electron chi connectivity index (χ0n) is 9.01. The van der Waals surface area contributed by atoms with Gasteiger partial charge in [-0.2, -0.15) is 0 Å². The molecule has 0 radical (unpaired) electrons. The summed E-state index contributed by atoms with van der Waals surface area (Å²) >= 11 is 0. The van der Waals surface area contributed by atoms with Crippen molar-refractivity contribution in [2.45, 2.75) is 32.1 Å². The minimum atomic E-state index is -2.59. The fourth-order valence-corrected chi connectivity index (χ4v) is 1.59. The van der Waals surface area contributed by atoms with Crippen molar-refractivity contribution >= 4 is 5.91 Å². The largest absolute Gasteiger partial charge is 0.342 e. The molecule has 1 amide bonds. The van der Waals surface area contributed by atoms with Gasteiger partial charge in [0.25, 0.3) is 5.92 Å². The van der Waals surface area contributed by atoms with Crippen molar-refractivity contribution in [3.63, 3.8) is 0 Å². The highest BCUT2D eigenvalue weighted by Gasteiger charge is 2.35. The molecule has 1 unspecified atom stereocenters. The highest BCUT2D eigenvalue weighted by Crippen LogP contribution is 2.28. The normalized spacial score (nSPS) is 22.5. The maximum absolute atomic E-state index is 12.8. The van der Waals surface area contributed by atoms with Crippen molar-refractivity contribution in [1.82, 2.24) is 4.90 Å². The molecule has 15 heavy (non-hydrogen) atoms. The Morgan fingerprint density at radius 1 is 1.47 bits per heavy atom. The molecule has 1 fully saturated rings. The van der Waals surface area contributed by atoms with Gasteiger partial charge >= 0.3 is 0 Å². The van der Waals surface area contributed by atoms with Gasteiger partial charge in [0, 0.05) is 32.4 Å². The van der Waals surface area contributed by atoms with Crippen LogP contribution in [0.15, 0.2) is 0 Å². The number of likely N-dealkylation sites (tertiary alicyclic amines) is 1. The molecule has 1 aliphatic heterocycles. The molecule has 0 bridgehead atoms. The van der Waals surface area contributed by atoms with Crippen LogP contribution in [0.25, 0.3) is 0 Å². The van der Waals surface area contributed by atoms with E-state index < -0.39 is 5.92 Å². The van der Waals surface area contributed by atoms with Crippen molar-refractivity contribution in [2.75, 3.05) is 19.6 Å². The zero-order valence-corrected chi connectivity index (χ0v) is 9.01. The summed E-state index contributed by atoms with van der Waals surface area (Å²) in [7, 11) is 0. The van der Waals surface area contributed by atoms with E-state index in [0.717, 1.165) is 0 Å². The number of carbonyl (C=O) groups excluding carboxylic acids is 1. The maximum atomic E-state index is 12.8. The molecule has 2 N–H and O–H groups in total. The fraction of sp³-hybridized carbons (Fsp3) is 0.900. The van der Waals surface area contributed by atoms with Gasteiger partial charge in [-0.15, -0.1) is 0 Å². The van der Waals surface area contributed by atoms with Crippen molar-refractivity contribution in [2.24, 2.45) is 11.7 Å². The topological polar surface area (TPSA) is 46.3 Å². The summed E-state index contributed by atoms with van der Waals surface area (Å²) in [4.78, 5) is 13.1. The minimum Gasteiger partial charge on any atom is -0.342 e. The molecule has 1 rings (SSSR count). The molecule has 1 atom stereocenters. The van der Waals surface area contributed by atoms with E-state index in [1.165, 1.54) is 4.90 Å². The van der Waals surface area contributed by atoms with E-state index in [-0.39, 0.29) is 37.8 Å². The van der Waals surface area contributed by atoms with Crippen LogP contribution in [-0.4, -0.2) is 36.4 Å². The molecule has 0 saturated carbocycles. The summed E-state index contributed by atoms with van der Waals surface area (Å²) in [5.74, 6) is -2.51. The molecule has 3 nitrogen and oxygen atoms in total. The predicted molar refractivity (Wildman–Crippen MR) is 53.6 cm³/mol. The van der Waals surface area contributed by atoms with E-state index in [9.17, 15) is 13.6 Å². The van der Waals surface area contributed by atoms with Crippen molar-refractivity contribution in [3.8, 4) is 0 Å². The quantitative estimate of drug-likeness (QED) is 0.777. The number of nitrogens with zero attached hydrogens (tertiary/aromatic N) is 1. The number of halogens is 2. The second-order valence-electron chi connectivity index (χ2n) is 4.28. The maximum Gasteiger partial charge on any atom is 0.251 e. The number of carbonyl (C=O) groups is 1. The lowest BCUT2D eigenvalue weighted by molar-refractivity contribution is -0.138. The fourth-order valence-electron chi connectivity index (χ4n) is 1.59. The standard InChI is InChI=1S/C10H18F2N2O/c1-8(7-13)6-9(15)14-4-2-10(11,12)3-5-14/h8H,2-7,13H2,1H3. The van der Waals surface area contributed by atoms with Crippen LogP contribution in [0.5, 0.6) is 0 Å². The van der Waals surface area contributed by atoms with Crippen LogP contribution in [0.3, 0.4) is 0 Å². The average Bonchev–Trinajstić information content (AvgIpc) is 2.17. The number of alkyl halides is 2. The smallest absolute Gasteiger partial charge is 0.251 e. The van der Waals surface area contributed by atoms with Gasteiger partial charge in [-0.05, 0) is 12.5 Å². The Bertz CT molecular complexity index is 223. The molecule has 1 heterocycles. The lowest BCUT2D eigenvalue weighted by atomic mass is 10.0. The van der Waals surface area contributed by atoms with Crippen LogP contribution in [-0.2, 0) is 4.79 Å². The van der Waals surface area contributed by atoms with E-state index in [1.54, 1.807) is 0 Å². The number of amides is 1. The summed E-state index contributed by atoms with van der Waals surface area (Å²) < 4.78 is 25.6. The molecule has 1 saturated heterocycles. The van der Waals surface area contributed by atoms with E-state index in [4.69, 9.17) is 5.73 Å². The third-order valence-corrected chi connectivity index (χ3v) is 2.77. The molecule has 1 aliphatic rings. The highest BCUT2D eigenvalue weighted by atomic mass is 19.3. The third-order valence-electron chi connectivity index (χ3n) is 2.77. The third kappa shape index (κ3) is 3.74. The Morgan fingerprint density at radius 2 is 2.00 bits per heavy atom. The Hall–Kier alpha value is -0.710. The molecule has 5 heteroatoms. The number of hydrogen-bond acceptors (Lipinski definition) is 2. The Labute approximate surface area is 88.6 Å². The SMILES string of the molecule is CC(CN)CC(=O)N1CCC(F)(F)CC1. The van der Waals surface area contributed by atoms with Gasteiger partial charge in [0.2, 0.25) is 5.91 Å². The molecule has 0 aromatic heterocycles. The molecule has 0 aromatic carbocycles. The summed E-state index contributed by atoms with van der Waals surface area (Å²) in [5, 5.41) is 0. The van der Waals surface area contributed by atoms with Gasteiger partial charge < -0.3 is 10.6 Å². The van der Waals surface area contributed by atoms with Crippen LogP contribution in [0.2, 0.25) is 0 Å². The zero-order chi connectivity index (χ0) is 11.5. The van der Waals surface area contributed by atoms with Gasteiger partial charge in [0.05, 0.1) is 0 Å². The second-order valence-corrected chi connectivity index (χ2v) is 4.28. The number of piperidine rings is 1. The second kappa shape index (κ2) is 4.88. The predicted octanol–water partition coefficient (Wildman–Crippen LogP) is 1.23. The number of nitrogens with two attached hydrogens (primary N) is 1. The molecule has 0 spiro atoms. The van der Waals surface area contributed by atoms with E-state index in [0.29, 0.717) is 13.0 Å². The average molecular weight is 220 g/mol. The lowest BCUT2D eigenvalue weighted by Gasteiger charge is -2.32. The van der Waals surface area contributed by atoms with E-state index >= 15 is 0 Å². The van der Waals surface area contributed by atoms with Crippen LogP contribution in [0.4, 0.5) is 8.78 Å². The van der Waals surface area contributed by atoms with Crippen LogP contribution in [0, 0.1) is 5.92 Å².